The molecule has 6 heteroatoms. The molecule has 1 aliphatic heterocycles. The molecule has 1 atom stereocenters. The molecular formula is C22H23N3O2S. The van der Waals surface area contributed by atoms with Crippen LogP contribution >= 0.6 is 11.3 Å². The van der Waals surface area contributed by atoms with Gasteiger partial charge in [0.2, 0.25) is 0 Å². The molecule has 1 amide bonds. The van der Waals surface area contributed by atoms with Crippen LogP contribution in [0.5, 0.6) is 5.75 Å². The second-order valence-corrected chi connectivity index (χ2v) is 8.65. The molecule has 1 N–H and O–H groups in total. The number of fused-ring (bicyclic) bond motifs is 1. The summed E-state index contributed by atoms with van der Waals surface area (Å²) in [4.78, 5) is 20.0. The maximum atomic E-state index is 13.4. The first kappa shape index (κ1) is 18.5. The summed E-state index contributed by atoms with van der Waals surface area (Å²) in [6.45, 7) is 6.43. The van der Waals surface area contributed by atoms with Gasteiger partial charge in [0.05, 0.1) is 23.4 Å². The molecule has 5 nitrogen and oxygen atoms in total. The van der Waals surface area contributed by atoms with E-state index in [-0.39, 0.29) is 17.5 Å². The van der Waals surface area contributed by atoms with Crippen LogP contribution in [-0.4, -0.2) is 18.0 Å². The van der Waals surface area contributed by atoms with E-state index in [0.29, 0.717) is 5.56 Å². The molecule has 3 aromatic rings. The number of carbonyl (C=O) groups excluding carboxylic acids is 1. The van der Waals surface area contributed by atoms with E-state index in [1.807, 2.05) is 53.9 Å². The summed E-state index contributed by atoms with van der Waals surface area (Å²) in [5, 5.41) is 6.59. The van der Waals surface area contributed by atoms with E-state index in [4.69, 9.17) is 9.72 Å². The summed E-state index contributed by atoms with van der Waals surface area (Å²) in [5.41, 5.74) is 3.08. The first-order valence-electron chi connectivity index (χ1n) is 9.17. The topological polar surface area (TPSA) is 54.5 Å². The van der Waals surface area contributed by atoms with Crippen LogP contribution in [-0.2, 0) is 5.41 Å². The van der Waals surface area contributed by atoms with Gasteiger partial charge in [-0.05, 0) is 36.4 Å². The number of carbonyl (C=O) groups is 1. The van der Waals surface area contributed by atoms with Crippen molar-refractivity contribution >= 4 is 28.6 Å². The Labute approximate surface area is 169 Å². The van der Waals surface area contributed by atoms with Crippen LogP contribution in [0.3, 0.4) is 0 Å². The number of amides is 1. The van der Waals surface area contributed by atoms with Crippen LogP contribution < -0.4 is 15.0 Å². The minimum Gasteiger partial charge on any atom is -0.497 e. The molecule has 4 rings (SSSR count). The number of ether oxygens (including phenoxy) is 1. The largest absolute Gasteiger partial charge is 0.497 e. The Morgan fingerprint density at radius 1 is 1.11 bits per heavy atom. The number of methoxy groups -OCH3 is 1. The summed E-state index contributed by atoms with van der Waals surface area (Å²) in [7, 11) is 1.63. The Morgan fingerprint density at radius 3 is 2.46 bits per heavy atom. The molecule has 144 valence electrons. The van der Waals surface area contributed by atoms with Gasteiger partial charge in [-0.3, -0.25) is 9.69 Å². The summed E-state index contributed by atoms with van der Waals surface area (Å²) in [6, 6.07) is 15.1. The van der Waals surface area contributed by atoms with Crippen molar-refractivity contribution in [1.29, 1.82) is 0 Å². The van der Waals surface area contributed by atoms with Crippen LogP contribution in [0.15, 0.2) is 53.9 Å². The Kier molecular flexibility index (Phi) is 4.59. The smallest absolute Gasteiger partial charge is 0.262 e. The second-order valence-electron chi connectivity index (χ2n) is 7.79. The van der Waals surface area contributed by atoms with E-state index in [2.05, 4.69) is 26.1 Å². The average Bonchev–Trinajstić information content (AvgIpc) is 3.19. The number of anilines is 2. The zero-order chi connectivity index (χ0) is 19.9. The van der Waals surface area contributed by atoms with E-state index in [0.717, 1.165) is 27.8 Å². The fourth-order valence-electron chi connectivity index (χ4n) is 3.23. The predicted octanol–water partition coefficient (Wildman–Crippen LogP) is 5.22. The molecule has 0 aliphatic carbocycles. The third-order valence-electron chi connectivity index (χ3n) is 4.72. The number of benzene rings is 2. The van der Waals surface area contributed by atoms with Gasteiger partial charge in [-0.1, -0.05) is 32.9 Å². The molecule has 0 saturated heterocycles. The lowest BCUT2D eigenvalue weighted by Crippen LogP contribution is -2.43. The van der Waals surface area contributed by atoms with Gasteiger partial charge in [0.25, 0.3) is 5.91 Å². The Balaban J connectivity index is 1.81. The van der Waals surface area contributed by atoms with E-state index in [9.17, 15) is 4.79 Å². The van der Waals surface area contributed by atoms with Gasteiger partial charge in [-0.15, -0.1) is 11.3 Å². The molecule has 1 aliphatic rings. The van der Waals surface area contributed by atoms with Crippen molar-refractivity contribution in [1.82, 2.24) is 4.98 Å². The number of thiazole rings is 1. The van der Waals surface area contributed by atoms with Crippen LogP contribution in [0.2, 0.25) is 0 Å². The summed E-state index contributed by atoms with van der Waals surface area (Å²) >= 11 is 1.63. The van der Waals surface area contributed by atoms with Gasteiger partial charge in [-0.2, -0.15) is 0 Å². The van der Waals surface area contributed by atoms with Crippen molar-refractivity contribution in [3.8, 4) is 5.75 Å². The summed E-state index contributed by atoms with van der Waals surface area (Å²) in [6.07, 6.45) is -0.372. The predicted molar refractivity (Wildman–Crippen MR) is 113 cm³/mol. The molecule has 2 heterocycles. The monoisotopic (exact) mass is 393 g/mol. The third kappa shape index (κ3) is 3.24. The minimum absolute atomic E-state index is 0.0373. The first-order chi connectivity index (χ1) is 13.4. The van der Waals surface area contributed by atoms with Crippen molar-refractivity contribution in [2.45, 2.75) is 32.4 Å². The Hall–Kier alpha value is -2.86. The molecular weight excluding hydrogens is 370 g/mol. The maximum Gasteiger partial charge on any atom is 0.262 e. The molecule has 0 saturated carbocycles. The Bertz CT molecular complexity index is 1010. The highest BCUT2D eigenvalue weighted by atomic mass is 32.1. The van der Waals surface area contributed by atoms with Crippen LogP contribution in [0.4, 0.5) is 11.4 Å². The highest BCUT2D eigenvalue weighted by molar-refractivity contribution is 7.09. The van der Waals surface area contributed by atoms with Crippen LogP contribution in [0.25, 0.3) is 0 Å². The van der Waals surface area contributed by atoms with Crippen LogP contribution in [0, 0.1) is 0 Å². The molecule has 0 radical (unpaired) electrons. The van der Waals surface area contributed by atoms with Gasteiger partial charge in [0, 0.05) is 22.2 Å². The number of aromatic nitrogens is 1. The molecule has 2 aromatic carbocycles. The fraction of sp³-hybridized carbons (Fsp3) is 0.273. The Morgan fingerprint density at radius 2 is 1.82 bits per heavy atom. The zero-order valence-corrected chi connectivity index (χ0v) is 17.2. The molecule has 1 aromatic heterocycles. The van der Waals surface area contributed by atoms with Crippen molar-refractivity contribution < 1.29 is 9.53 Å². The molecule has 1 unspecified atom stereocenters. The van der Waals surface area contributed by atoms with Crippen molar-refractivity contribution in [2.24, 2.45) is 0 Å². The van der Waals surface area contributed by atoms with E-state index < -0.39 is 0 Å². The first-order valence-corrected chi connectivity index (χ1v) is 10.1. The number of hydrogen-bond acceptors (Lipinski definition) is 5. The highest BCUT2D eigenvalue weighted by Gasteiger charge is 2.36. The van der Waals surface area contributed by atoms with E-state index >= 15 is 0 Å². The average molecular weight is 394 g/mol. The number of hydrogen-bond donors (Lipinski definition) is 1. The van der Waals surface area contributed by atoms with Gasteiger partial charge in [0.1, 0.15) is 5.75 Å². The standard InChI is InChI=1S/C22H23N3O2S/c1-22(2,3)21-24-18(13-28-21)19-23-17-8-6-5-7-16(17)20(26)25(19)14-9-11-15(27-4)12-10-14/h5-13,19,23H,1-4H3. The summed E-state index contributed by atoms with van der Waals surface area (Å²) in [5.74, 6) is 0.705. The van der Waals surface area contributed by atoms with E-state index in [1.54, 1.807) is 23.3 Å². The second kappa shape index (κ2) is 6.95. The van der Waals surface area contributed by atoms with Crippen LogP contribution in [0.1, 0.15) is 48.0 Å². The lowest BCUT2D eigenvalue weighted by Gasteiger charge is -2.37. The number of para-hydroxylation sites is 1. The highest BCUT2D eigenvalue weighted by Crippen LogP contribution is 2.38. The van der Waals surface area contributed by atoms with Crippen molar-refractivity contribution in [3.05, 3.63) is 70.2 Å². The van der Waals surface area contributed by atoms with Gasteiger partial charge >= 0.3 is 0 Å². The van der Waals surface area contributed by atoms with Gasteiger partial charge < -0.3 is 10.1 Å². The minimum atomic E-state index is -0.372. The van der Waals surface area contributed by atoms with E-state index in [1.165, 1.54) is 0 Å². The molecule has 0 spiro atoms. The molecule has 0 fully saturated rings. The fourth-order valence-corrected chi connectivity index (χ4v) is 4.15. The van der Waals surface area contributed by atoms with Gasteiger partial charge in [0.15, 0.2) is 6.17 Å². The summed E-state index contributed by atoms with van der Waals surface area (Å²) < 4.78 is 5.26. The number of rotatable bonds is 3. The molecule has 28 heavy (non-hydrogen) atoms. The lowest BCUT2D eigenvalue weighted by atomic mass is 9.98. The maximum absolute atomic E-state index is 13.4. The molecule has 0 bridgehead atoms. The SMILES string of the molecule is COc1ccc(N2C(=O)c3ccccc3NC2c2csc(C(C)(C)C)n2)cc1. The number of nitrogens with one attached hydrogen (secondary N) is 1. The third-order valence-corrected chi connectivity index (χ3v) is 6.01. The lowest BCUT2D eigenvalue weighted by molar-refractivity contribution is 0.0974. The quantitative estimate of drug-likeness (QED) is 0.663. The zero-order valence-electron chi connectivity index (χ0n) is 16.4. The van der Waals surface area contributed by atoms with Crippen molar-refractivity contribution in [2.75, 3.05) is 17.3 Å². The number of nitrogens with zero attached hydrogens (tertiary/aromatic N) is 2. The van der Waals surface area contributed by atoms with Crippen molar-refractivity contribution in [3.63, 3.8) is 0 Å². The normalized spacial score (nSPS) is 16.5. The van der Waals surface area contributed by atoms with Gasteiger partial charge in [-0.25, -0.2) is 4.98 Å².